The lowest BCUT2D eigenvalue weighted by atomic mass is 10.4. The average Bonchev–Trinajstić information content (AvgIpc) is 2.37. The van der Waals surface area contributed by atoms with Gasteiger partial charge in [0.1, 0.15) is 0 Å². The van der Waals surface area contributed by atoms with E-state index in [1.54, 1.807) is 0 Å². The number of carbonyl (C=O) groups excluding carboxylic acids is 1. The van der Waals surface area contributed by atoms with E-state index in [9.17, 15) is 0 Å². The molecule has 0 aliphatic carbocycles. The van der Waals surface area contributed by atoms with Crippen LogP contribution in [-0.2, 0) is 18.3 Å². The standard InChI is InChI=1S/C6H10N2.CHClO/c1-3-6-4-5-8(2)7-6;2-1-3/h4-5H,3H2,1-2H3;1H. The third kappa shape index (κ3) is 4.56. The molecule has 0 amide bonds. The summed E-state index contributed by atoms with van der Waals surface area (Å²) in [5.41, 5.74) is 1.16. The van der Waals surface area contributed by atoms with Gasteiger partial charge in [-0.3, -0.25) is 9.48 Å². The topological polar surface area (TPSA) is 34.9 Å². The SMILES string of the molecule is CCc1ccn(C)n1.O=CCl. The Balaban J connectivity index is 0.000000292. The molecule has 62 valence electrons. The number of rotatable bonds is 1. The number of aryl methyl sites for hydroxylation is 2. The van der Waals surface area contributed by atoms with Crippen molar-refractivity contribution in [1.29, 1.82) is 0 Å². The van der Waals surface area contributed by atoms with Gasteiger partial charge in [-0.1, -0.05) is 6.92 Å². The summed E-state index contributed by atoms with van der Waals surface area (Å²) >= 11 is 4.32. The summed E-state index contributed by atoms with van der Waals surface area (Å²) < 4.78 is 1.82. The Morgan fingerprint density at radius 2 is 2.36 bits per heavy atom. The van der Waals surface area contributed by atoms with Crippen LogP contribution in [0, 0.1) is 0 Å². The smallest absolute Gasteiger partial charge is 0.208 e. The highest BCUT2D eigenvalue weighted by Crippen LogP contribution is 1.92. The Morgan fingerprint density at radius 3 is 2.55 bits per heavy atom. The van der Waals surface area contributed by atoms with Crippen molar-refractivity contribution in [2.45, 2.75) is 13.3 Å². The lowest BCUT2D eigenvalue weighted by Gasteiger charge is -1.83. The molecule has 0 N–H and O–H groups in total. The lowest BCUT2D eigenvalue weighted by Crippen LogP contribution is -1.88. The fourth-order valence-corrected chi connectivity index (χ4v) is 0.652. The molecule has 0 fully saturated rings. The zero-order valence-electron chi connectivity index (χ0n) is 6.62. The van der Waals surface area contributed by atoms with E-state index < -0.39 is 0 Å². The first kappa shape index (κ1) is 10.2. The summed E-state index contributed by atoms with van der Waals surface area (Å²) in [5.74, 6) is 0.222. The summed E-state index contributed by atoms with van der Waals surface area (Å²) in [6.07, 6.45) is 2.99. The van der Waals surface area contributed by atoms with Crippen LogP contribution in [0.3, 0.4) is 0 Å². The zero-order valence-corrected chi connectivity index (χ0v) is 7.38. The monoisotopic (exact) mass is 174 g/mol. The highest BCUT2D eigenvalue weighted by molar-refractivity contribution is 6.54. The van der Waals surface area contributed by atoms with E-state index in [1.807, 2.05) is 24.0 Å². The summed E-state index contributed by atoms with van der Waals surface area (Å²) in [6, 6.07) is 2.03. The first-order valence-electron chi connectivity index (χ1n) is 3.27. The van der Waals surface area contributed by atoms with E-state index in [2.05, 4.69) is 23.6 Å². The van der Waals surface area contributed by atoms with Gasteiger partial charge in [-0.15, -0.1) is 0 Å². The molecule has 0 aromatic carbocycles. The van der Waals surface area contributed by atoms with Crippen LogP contribution < -0.4 is 0 Å². The quantitative estimate of drug-likeness (QED) is 0.477. The molecule has 1 aromatic heterocycles. The maximum Gasteiger partial charge on any atom is 0.208 e. The van der Waals surface area contributed by atoms with Gasteiger partial charge in [0.25, 0.3) is 0 Å². The molecule has 1 heterocycles. The van der Waals surface area contributed by atoms with Crippen molar-refractivity contribution in [3.05, 3.63) is 18.0 Å². The molecule has 11 heavy (non-hydrogen) atoms. The minimum Gasteiger partial charge on any atom is -0.285 e. The Kier molecular flexibility index (Phi) is 5.47. The van der Waals surface area contributed by atoms with Gasteiger partial charge in [0.05, 0.1) is 5.69 Å². The Morgan fingerprint density at radius 1 is 1.82 bits per heavy atom. The summed E-state index contributed by atoms with van der Waals surface area (Å²) in [5, 5.41) is 4.15. The van der Waals surface area contributed by atoms with Gasteiger partial charge in [0.15, 0.2) is 0 Å². The predicted octanol–water partition coefficient (Wildman–Crippen LogP) is 1.40. The Hall–Kier alpha value is -0.830. The summed E-state index contributed by atoms with van der Waals surface area (Å²) in [7, 11) is 1.93. The van der Waals surface area contributed by atoms with E-state index in [0.717, 1.165) is 12.1 Å². The second-order valence-corrected chi connectivity index (χ2v) is 2.10. The zero-order chi connectivity index (χ0) is 8.69. The van der Waals surface area contributed by atoms with Crippen LogP contribution in [0.15, 0.2) is 12.3 Å². The molecule has 0 aliphatic rings. The molecule has 0 bridgehead atoms. The first-order valence-corrected chi connectivity index (χ1v) is 3.70. The van der Waals surface area contributed by atoms with Gasteiger partial charge in [-0.25, -0.2) is 0 Å². The highest BCUT2D eigenvalue weighted by atomic mass is 35.5. The van der Waals surface area contributed by atoms with Crippen molar-refractivity contribution in [1.82, 2.24) is 9.78 Å². The fraction of sp³-hybridized carbons (Fsp3) is 0.429. The third-order valence-corrected chi connectivity index (χ3v) is 1.13. The summed E-state index contributed by atoms with van der Waals surface area (Å²) in [4.78, 5) is 8.57. The van der Waals surface area contributed by atoms with Gasteiger partial charge in [0, 0.05) is 13.2 Å². The van der Waals surface area contributed by atoms with Gasteiger partial charge in [-0.05, 0) is 24.1 Å². The van der Waals surface area contributed by atoms with Gasteiger partial charge in [0.2, 0.25) is 5.75 Å². The maximum atomic E-state index is 8.57. The number of carbonyl (C=O) groups is 1. The van der Waals surface area contributed by atoms with Crippen LogP contribution in [0.2, 0.25) is 0 Å². The van der Waals surface area contributed by atoms with Crippen molar-refractivity contribution in [3.63, 3.8) is 0 Å². The molecular formula is C7H11ClN2O. The molecule has 1 aromatic rings. The first-order chi connectivity index (χ1) is 5.24. The van der Waals surface area contributed by atoms with Crippen molar-refractivity contribution >= 4 is 17.3 Å². The number of aromatic nitrogens is 2. The second kappa shape index (κ2) is 5.92. The fourth-order valence-electron chi connectivity index (χ4n) is 0.652. The number of hydrogen-bond donors (Lipinski definition) is 0. The Labute approximate surface area is 71.0 Å². The van der Waals surface area contributed by atoms with Crippen LogP contribution in [0.4, 0.5) is 0 Å². The van der Waals surface area contributed by atoms with E-state index in [-0.39, 0.29) is 5.75 Å². The minimum atomic E-state index is 0.222. The molecule has 0 atom stereocenters. The maximum absolute atomic E-state index is 8.57. The van der Waals surface area contributed by atoms with E-state index in [4.69, 9.17) is 4.79 Å². The van der Waals surface area contributed by atoms with Crippen molar-refractivity contribution < 1.29 is 4.79 Å². The van der Waals surface area contributed by atoms with E-state index in [1.165, 1.54) is 0 Å². The molecule has 3 nitrogen and oxygen atoms in total. The Bertz CT molecular complexity index is 210. The van der Waals surface area contributed by atoms with Crippen molar-refractivity contribution in [2.75, 3.05) is 0 Å². The molecular weight excluding hydrogens is 164 g/mol. The molecule has 1 rings (SSSR count). The normalized spacial score (nSPS) is 8.27. The third-order valence-electron chi connectivity index (χ3n) is 1.13. The molecule has 0 saturated heterocycles. The lowest BCUT2D eigenvalue weighted by molar-refractivity contribution is 0.569. The molecule has 0 aliphatic heterocycles. The molecule has 0 saturated carbocycles. The minimum absolute atomic E-state index is 0.222. The van der Waals surface area contributed by atoms with Gasteiger partial charge < -0.3 is 0 Å². The molecule has 0 spiro atoms. The van der Waals surface area contributed by atoms with Crippen LogP contribution >= 0.6 is 11.6 Å². The van der Waals surface area contributed by atoms with Crippen molar-refractivity contribution in [2.24, 2.45) is 7.05 Å². The number of nitrogens with zero attached hydrogens (tertiary/aromatic N) is 2. The average molecular weight is 175 g/mol. The van der Waals surface area contributed by atoms with Crippen LogP contribution in [0.25, 0.3) is 0 Å². The van der Waals surface area contributed by atoms with Gasteiger partial charge >= 0.3 is 0 Å². The number of halogens is 1. The van der Waals surface area contributed by atoms with Crippen molar-refractivity contribution in [3.8, 4) is 0 Å². The second-order valence-electron chi connectivity index (χ2n) is 1.92. The predicted molar refractivity (Wildman–Crippen MR) is 45.2 cm³/mol. The van der Waals surface area contributed by atoms with E-state index >= 15 is 0 Å². The molecule has 4 heteroatoms. The van der Waals surface area contributed by atoms with E-state index in [0.29, 0.717) is 0 Å². The highest BCUT2D eigenvalue weighted by Gasteiger charge is 1.88. The van der Waals surface area contributed by atoms with Crippen LogP contribution in [0.5, 0.6) is 0 Å². The van der Waals surface area contributed by atoms with Crippen LogP contribution in [0.1, 0.15) is 12.6 Å². The number of hydrogen-bond acceptors (Lipinski definition) is 2. The molecule has 0 radical (unpaired) electrons. The summed E-state index contributed by atoms with van der Waals surface area (Å²) in [6.45, 7) is 2.10. The van der Waals surface area contributed by atoms with Crippen LogP contribution in [-0.4, -0.2) is 15.5 Å². The molecule has 0 unspecified atom stereocenters. The van der Waals surface area contributed by atoms with Gasteiger partial charge in [-0.2, -0.15) is 5.10 Å². The largest absolute Gasteiger partial charge is 0.285 e.